The van der Waals surface area contributed by atoms with Crippen molar-refractivity contribution in [1.82, 2.24) is 15.5 Å². The van der Waals surface area contributed by atoms with Crippen LogP contribution in [0.25, 0.3) is 0 Å². The highest BCUT2D eigenvalue weighted by molar-refractivity contribution is 7.98. The van der Waals surface area contributed by atoms with Crippen LogP contribution >= 0.6 is 11.8 Å². The monoisotopic (exact) mass is 519 g/mol. The third kappa shape index (κ3) is 9.02. The molecule has 202 valence electrons. The molecule has 1 aromatic carbocycles. The minimum absolute atomic E-state index is 0.00352. The standard InChI is InChI=1S/C28H45N3O4S/c1-9-10-20(4)29-25(32)24(21-13-11-18(2)12-14-21)31(23-17-19(23)3)26(33)22(15-16-36-8)30-27(34)35-28(5,6)7/h11-14,19-20,22-24H,9-10,15-17H2,1-8H3,(H,29,32)(H,30,34). The van der Waals surface area contributed by atoms with E-state index >= 15 is 0 Å². The van der Waals surface area contributed by atoms with Crippen molar-refractivity contribution < 1.29 is 19.1 Å². The molecule has 0 spiro atoms. The van der Waals surface area contributed by atoms with E-state index in [9.17, 15) is 14.4 Å². The van der Waals surface area contributed by atoms with E-state index in [4.69, 9.17) is 4.74 Å². The lowest BCUT2D eigenvalue weighted by molar-refractivity contribution is -0.143. The lowest BCUT2D eigenvalue weighted by Gasteiger charge is -2.35. The number of nitrogens with zero attached hydrogens (tertiary/aromatic N) is 1. The molecule has 3 amide bonds. The first-order valence-electron chi connectivity index (χ1n) is 13.1. The van der Waals surface area contributed by atoms with E-state index in [0.717, 1.165) is 30.4 Å². The number of carbonyl (C=O) groups is 3. The van der Waals surface area contributed by atoms with Crippen molar-refractivity contribution in [2.75, 3.05) is 12.0 Å². The summed E-state index contributed by atoms with van der Waals surface area (Å²) < 4.78 is 5.45. The van der Waals surface area contributed by atoms with Crippen LogP contribution in [0.4, 0.5) is 4.79 Å². The summed E-state index contributed by atoms with van der Waals surface area (Å²) in [5.74, 6) is 0.543. The molecule has 0 aliphatic heterocycles. The minimum atomic E-state index is -0.783. The number of aryl methyl sites for hydroxylation is 1. The van der Waals surface area contributed by atoms with Gasteiger partial charge in [-0.1, -0.05) is 50.1 Å². The Bertz CT molecular complexity index is 884. The molecule has 2 N–H and O–H groups in total. The van der Waals surface area contributed by atoms with Gasteiger partial charge in [-0.05, 0) is 77.4 Å². The Morgan fingerprint density at radius 1 is 1.14 bits per heavy atom. The topological polar surface area (TPSA) is 87.7 Å². The molecule has 5 atom stereocenters. The van der Waals surface area contributed by atoms with Gasteiger partial charge in [-0.15, -0.1) is 0 Å². The molecule has 8 heteroatoms. The van der Waals surface area contributed by atoms with Crippen molar-refractivity contribution >= 4 is 29.7 Å². The summed E-state index contributed by atoms with van der Waals surface area (Å²) in [6.07, 6.45) is 4.43. The van der Waals surface area contributed by atoms with Crippen LogP contribution in [0.1, 0.15) is 84.4 Å². The van der Waals surface area contributed by atoms with Crippen molar-refractivity contribution in [3.8, 4) is 0 Å². The average molecular weight is 520 g/mol. The van der Waals surface area contributed by atoms with Gasteiger partial charge < -0.3 is 20.3 Å². The molecule has 0 saturated heterocycles. The number of hydrogen-bond acceptors (Lipinski definition) is 5. The van der Waals surface area contributed by atoms with Crippen LogP contribution < -0.4 is 10.6 Å². The van der Waals surface area contributed by atoms with Gasteiger partial charge in [-0.2, -0.15) is 11.8 Å². The van der Waals surface area contributed by atoms with E-state index in [2.05, 4.69) is 24.5 Å². The highest BCUT2D eigenvalue weighted by Crippen LogP contribution is 2.41. The van der Waals surface area contributed by atoms with Gasteiger partial charge >= 0.3 is 6.09 Å². The zero-order chi connectivity index (χ0) is 27.0. The van der Waals surface area contributed by atoms with E-state index in [-0.39, 0.29) is 29.8 Å². The van der Waals surface area contributed by atoms with Crippen LogP contribution in [0.15, 0.2) is 24.3 Å². The Kier molecular flexibility index (Phi) is 11.1. The molecule has 7 nitrogen and oxygen atoms in total. The van der Waals surface area contributed by atoms with Gasteiger partial charge in [0.15, 0.2) is 0 Å². The molecule has 0 radical (unpaired) electrons. The molecule has 1 aliphatic rings. The zero-order valence-electron chi connectivity index (χ0n) is 23.2. The molecule has 1 aromatic rings. The molecule has 1 aliphatic carbocycles. The summed E-state index contributed by atoms with van der Waals surface area (Å²) in [5, 5.41) is 5.94. The van der Waals surface area contributed by atoms with E-state index in [0.29, 0.717) is 12.2 Å². The highest BCUT2D eigenvalue weighted by atomic mass is 32.2. The van der Waals surface area contributed by atoms with Gasteiger partial charge in [0.2, 0.25) is 11.8 Å². The number of nitrogens with one attached hydrogen (secondary N) is 2. The van der Waals surface area contributed by atoms with Crippen LogP contribution in [0.3, 0.4) is 0 Å². The first-order valence-corrected chi connectivity index (χ1v) is 14.4. The Balaban J connectivity index is 2.45. The number of ether oxygens (including phenoxy) is 1. The summed E-state index contributed by atoms with van der Waals surface area (Å²) >= 11 is 1.61. The highest BCUT2D eigenvalue weighted by Gasteiger charge is 2.48. The van der Waals surface area contributed by atoms with Crippen LogP contribution in [-0.4, -0.2) is 58.5 Å². The molecular weight excluding hydrogens is 474 g/mol. The van der Waals surface area contributed by atoms with Gasteiger partial charge in [0, 0.05) is 12.1 Å². The van der Waals surface area contributed by atoms with Gasteiger partial charge in [-0.3, -0.25) is 9.59 Å². The number of amides is 3. The molecule has 36 heavy (non-hydrogen) atoms. The van der Waals surface area contributed by atoms with Crippen molar-refractivity contribution in [2.45, 2.75) is 104 Å². The van der Waals surface area contributed by atoms with E-state index in [1.165, 1.54) is 0 Å². The Hall–Kier alpha value is -2.22. The molecule has 1 fully saturated rings. The SMILES string of the molecule is CCCC(C)NC(=O)C(c1ccc(C)cc1)N(C(=O)C(CCSC)NC(=O)OC(C)(C)C)C1CC1C. The predicted molar refractivity (Wildman–Crippen MR) is 147 cm³/mol. The minimum Gasteiger partial charge on any atom is -0.444 e. The first-order chi connectivity index (χ1) is 16.9. The summed E-state index contributed by atoms with van der Waals surface area (Å²) in [5.41, 5.74) is 1.18. The van der Waals surface area contributed by atoms with Crippen LogP contribution in [0.2, 0.25) is 0 Å². The maximum atomic E-state index is 14.1. The third-order valence-corrected chi connectivity index (χ3v) is 6.95. The van der Waals surface area contributed by atoms with Crippen molar-refractivity contribution in [1.29, 1.82) is 0 Å². The zero-order valence-corrected chi connectivity index (χ0v) is 24.0. The largest absolute Gasteiger partial charge is 0.444 e. The molecule has 0 heterocycles. The number of rotatable bonds is 12. The quantitative estimate of drug-likeness (QED) is 0.395. The summed E-state index contributed by atoms with van der Waals surface area (Å²) in [6, 6.07) is 6.16. The number of benzene rings is 1. The van der Waals surface area contributed by atoms with Gasteiger partial charge in [0.1, 0.15) is 17.7 Å². The molecule has 0 aromatic heterocycles. The summed E-state index contributed by atoms with van der Waals surface area (Å²) in [4.78, 5) is 42.2. The van der Waals surface area contributed by atoms with Gasteiger partial charge in [0.05, 0.1) is 0 Å². The summed E-state index contributed by atoms with van der Waals surface area (Å²) in [6.45, 7) is 13.5. The first kappa shape index (κ1) is 30.0. The van der Waals surface area contributed by atoms with Gasteiger partial charge in [-0.25, -0.2) is 4.79 Å². The Morgan fingerprint density at radius 3 is 2.25 bits per heavy atom. The second-order valence-electron chi connectivity index (χ2n) is 11.0. The molecule has 2 rings (SSSR count). The molecule has 5 unspecified atom stereocenters. The van der Waals surface area contributed by atoms with Crippen molar-refractivity contribution in [2.24, 2.45) is 5.92 Å². The van der Waals surface area contributed by atoms with Crippen LogP contribution in [0.5, 0.6) is 0 Å². The second-order valence-corrected chi connectivity index (χ2v) is 12.0. The molecule has 0 bridgehead atoms. The number of thioether (sulfide) groups is 1. The summed E-state index contributed by atoms with van der Waals surface area (Å²) in [7, 11) is 0. The van der Waals surface area contributed by atoms with Crippen molar-refractivity contribution in [3.05, 3.63) is 35.4 Å². The fourth-order valence-electron chi connectivity index (χ4n) is 4.31. The lowest BCUT2D eigenvalue weighted by Crippen LogP contribution is -2.54. The normalized spacial score (nSPS) is 19.6. The van der Waals surface area contributed by atoms with Crippen LogP contribution in [0, 0.1) is 12.8 Å². The number of alkyl carbamates (subject to hydrolysis) is 1. The predicted octanol–water partition coefficient (Wildman–Crippen LogP) is 5.22. The maximum Gasteiger partial charge on any atom is 0.408 e. The van der Waals surface area contributed by atoms with E-state index < -0.39 is 23.8 Å². The Morgan fingerprint density at radius 2 is 1.75 bits per heavy atom. The molecule has 1 saturated carbocycles. The number of hydrogen-bond donors (Lipinski definition) is 2. The van der Waals surface area contributed by atoms with Crippen LogP contribution in [-0.2, 0) is 14.3 Å². The second kappa shape index (κ2) is 13.4. The third-order valence-electron chi connectivity index (χ3n) is 6.31. The van der Waals surface area contributed by atoms with E-state index in [1.54, 1.807) is 37.4 Å². The smallest absolute Gasteiger partial charge is 0.408 e. The van der Waals surface area contributed by atoms with Crippen molar-refractivity contribution in [3.63, 3.8) is 0 Å². The average Bonchev–Trinajstić information content (AvgIpc) is 3.49. The maximum absolute atomic E-state index is 14.1. The number of carbonyl (C=O) groups excluding carboxylic acids is 3. The van der Waals surface area contributed by atoms with Gasteiger partial charge in [0.25, 0.3) is 0 Å². The van der Waals surface area contributed by atoms with E-state index in [1.807, 2.05) is 44.4 Å². The molecular formula is C28H45N3O4S. The Labute approximate surface area is 221 Å². The lowest BCUT2D eigenvalue weighted by atomic mass is 10.00. The fourth-order valence-corrected chi connectivity index (χ4v) is 4.78. The fraction of sp³-hybridized carbons (Fsp3) is 0.679.